The molecule has 4 rings (SSSR count). The number of nitrogens with zero attached hydrogens (tertiary/aromatic N) is 1. The van der Waals surface area contributed by atoms with E-state index in [1.54, 1.807) is 18.4 Å². The number of fused-ring (bicyclic) bond motifs is 1. The van der Waals surface area contributed by atoms with Crippen molar-refractivity contribution in [1.82, 2.24) is 10.2 Å². The van der Waals surface area contributed by atoms with Crippen LogP contribution in [-0.4, -0.2) is 42.5 Å². The normalized spacial score (nSPS) is 20.6. The molecular formula is C21H24N2O3S. The molecule has 0 radical (unpaired) electrons. The van der Waals surface area contributed by atoms with Gasteiger partial charge in [-0.05, 0) is 29.5 Å². The molecule has 2 aromatic rings. The summed E-state index contributed by atoms with van der Waals surface area (Å²) in [5.74, 6) is 1.19. The Kier molecular flexibility index (Phi) is 4.91. The lowest BCUT2D eigenvalue weighted by molar-refractivity contribution is -0.121. The van der Waals surface area contributed by atoms with E-state index in [0.717, 1.165) is 36.1 Å². The maximum Gasteiger partial charge on any atom is 0.254 e. The number of hydrogen-bond acceptors (Lipinski definition) is 4. The molecule has 27 heavy (non-hydrogen) atoms. The summed E-state index contributed by atoms with van der Waals surface area (Å²) in [4.78, 5) is 26.6. The van der Waals surface area contributed by atoms with Gasteiger partial charge >= 0.3 is 0 Å². The van der Waals surface area contributed by atoms with Crippen LogP contribution in [0.1, 0.15) is 47.5 Å². The number of thiophene rings is 1. The maximum atomic E-state index is 12.6. The highest BCUT2D eigenvalue weighted by Crippen LogP contribution is 2.46. The fourth-order valence-corrected chi connectivity index (χ4v) is 4.87. The van der Waals surface area contributed by atoms with Gasteiger partial charge in [-0.1, -0.05) is 18.2 Å². The van der Waals surface area contributed by atoms with Crippen LogP contribution in [0.3, 0.4) is 0 Å². The zero-order valence-electron chi connectivity index (χ0n) is 15.4. The number of benzene rings is 1. The number of hydrogen-bond donors (Lipinski definition) is 1. The molecule has 1 atom stereocenters. The fourth-order valence-electron chi connectivity index (χ4n) is 4.24. The summed E-state index contributed by atoms with van der Waals surface area (Å²) in [7, 11) is 1.68. The molecule has 2 aliphatic rings. The van der Waals surface area contributed by atoms with Gasteiger partial charge in [-0.15, -0.1) is 0 Å². The number of piperidine rings is 1. The molecule has 2 amide bonds. The number of rotatable bonds is 3. The van der Waals surface area contributed by atoms with E-state index >= 15 is 0 Å². The van der Waals surface area contributed by atoms with Gasteiger partial charge in [0.25, 0.3) is 5.91 Å². The molecule has 3 heterocycles. The third-order valence-electron chi connectivity index (χ3n) is 5.74. The molecule has 0 bridgehead atoms. The molecule has 1 unspecified atom stereocenters. The second-order valence-corrected chi connectivity index (χ2v) is 8.19. The minimum atomic E-state index is -0.293. The van der Waals surface area contributed by atoms with Gasteiger partial charge < -0.3 is 15.0 Å². The first-order chi connectivity index (χ1) is 13.1. The molecule has 1 saturated heterocycles. The van der Waals surface area contributed by atoms with Crippen molar-refractivity contribution in [2.45, 2.75) is 37.2 Å². The zero-order valence-corrected chi connectivity index (χ0v) is 16.3. The van der Waals surface area contributed by atoms with Gasteiger partial charge in [0.1, 0.15) is 11.4 Å². The summed E-state index contributed by atoms with van der Waals surface area (Å²) in [6.07, 6.45) is 2.87. The molecule has 0 saturated carbocycles. The van der Waals surface area contributed by atoms with Gasteiger partial charge in [0.15, 0.2) is 0 Å². The predicted octanol–water partition coefficient (Wildman–Crippen LogP) is 3.43. The van der Waals surface area contributed by atoms with Gasteiger partial charge in [0.05, 0.1) is 5.56 Å². The quantitative estimate of drug-likeness (QED) is 0.882. The number of para-hydroxylation sites is 1. The van der Waals surface area contributed by atoms with Crippen LogP contribution in [0.15, 0.2) is 41.1 Å². The van der Waals surface area contributed by atoms with Crippen LogP contribution in [0.5, 0.6) is 5.75 Å². The smallest absolute Gasteiger partial charge is 0.254 e. The second-order valence-electron chi connectivity index (χ2n) is 7.41. The van der Waals surface area contributed by atoms with E-state index in [-0.39, 0.29) is 23.3 Å². The van der Waals surface area contributed by atoms with Gasteiger partial charge in [-0.3, -0.25) is 9.59 Å². The summed E-state index contributed by atoms with van der Waals surface area (Å²) >= 11 is 1.54. The third kappa shape index (κ3) is 3.58. The van der Waals surface area contributed by atoms with Crippen molar-refractivity contribution in [1.29, 1.82) is 0 Å². The Bertz CT molecular complexity index is 826. The summed E-state index contributed by atoms with van der Waals surface area (Å²) in [6.45, 7) is 1.37. The Morgan fingerprint density at radius 3 is 2.74 bits per heavy atom. The molecule has 1 spiro atoms. The minimum absolute atomic E-state index is 0.0527. The lowest BCUT2D eigenvalue weighted by Gasteiger charge is -2.46. The Morgan fingerprint density at radius 2 is 2.04 bits per heavy atom. The molecule has 142 valence electrons. The highest BCUT2D eigenvalue weighted by Gasteiger charge is 2.44. The number of carbonyl (C=O) groups is 2. The molecule has 1 N–H and O–H groups in total. The number of amides is 2. The summed E-state index contributed by atoms with van der Waals surface area (Å²) in [6, 6.07) is 9.91. The van der Waals surface area contributed by atoms with Crippen molar-refractivity contribution in [3.63, 3.8) is 0 Å². The van der Waals surface area contributed by atoms with E-state index < -0.39 is 0 Å². The number of ether oxygens (including phenoxy) is 1. The summed E-state index contributed by atoms with van der Waals surface area (Å²) in [5, 5.41) is 6.58. The topological polar surface area (TPSA) is 58.6 Å². The number of likely N-dealkylation sites (tertiary alicyclic amines) is 1. The minimum Gasteiger partial charge on any atom is -0.487 e. The van der Waals surface area contributed by atoms with Crippen molar-refractivity contribution >= 4 is 23.2 Å². The molecular weight excluding hydrogens is 360 g/mol. The number of nitrogens with one attached hydrogen (secondary N) is 1. The fraction of sp³-hybridized carbons (Fsp3) is 0.429. The van der Waals surface area contributed by atoms with Gasteiger partial charge in [-0.2, -0.15) is 11.3 Å². The first-order valence-electron chi connectivity index (χ1n) is 9.40. The van der Waals surface area contributed by atoms with Crippen LogP contribution >= 0.6 is 11.3 Å². The Morgan fingerprint density at radius 1 is 1.26 bits per heavy atom. The summed E-state index contributed by atoms with van der Waals surface area (Å²) < 4.78 is 6.46. The van der Waals surface area contributed by atoms with E-state index in [2.05, 4.69) is 11.4 Å². The highest BCUT2D eigenvalue weighted by molar-refractivity contribution is 7.08. The lowest BCUT2D eigenvalue weighted by atomic mass is 9.76. The molecule has 1 fully saturated rings. The average Bonchev–Trinajstić information content (AvgIpc) is 3.23. The third-order valence-corrected chi connectivity index (χ3v) is 6.43. The zero-order chi connectivity index (χ0) is 18.9. The Labute approximate surface area is 163 Å². The van der Waals surface area contributed by atoms with E-state index in [9.17, 15) is 9.59 Å². The largest absolute Gasteiger partial charge is 0.487 e. The van der Waals surface area contributed by atoms with Crippen molar-refractivity contribution in [2.75, 3.05) is 20.1 Å². The second kappa shape index (κ2) is 7.35. The first-order valence-corrected chi connectivity index (χ1v) is 10.3. The van der Waals surface area contributed by atoms with Gasteiger partial charge in [0.2, 0.25) is 5.91 Å². The van der Waals surface area contributed by atoms with E-state index in [1.807, 2.05) is 39.9 Å². The van der Waals surface area contributed by atoms with Crippen molar-refractivity contribution in [3.05, 3.63) is 52.2 Å². The van der Waals surface area contributed by atoms with Gasteiger partial charge in [-0.25, -0.2) is 0 Å². The van der Waals surface area contributed by atoms with Crippen molar-refractivity contribution in [2.24, 2.45) is 0 Å². The number of carbonyl (C=O) groups excluding carboxylic acids is 2. The standard InChI is InChI=1S/C21H24N2O3S/c1-22-19(24)12-16-13-21(26-18-5-3-2-4-17(16)18)7-9-23(10-8-21)20(25)15-6-11-27-14-15/h2-6,11,14,16H,7-10,12-13H2,1H3,(H,22,24). The van der Waals surface area contributed by atoms with Crippen LogP contribution in [0.25, 0.3) is 0 Å². The predicted molar refractivity (Wildman–Crippen MR) is 105 cm³/mol. The SMILES string of the molecule is CNC(=O)CC1CC2(CCN(C(=O)c3ccsc3)CC2)Oc2ccccc21. The van der Waals surface area contributed by atoms with E-state index in [1.165, 1.54) is 0 Å². The van der Waals surface area contributed by atoms with Crippen molar-refractivity contribution in [3.8, 4) is 5.75 Å². The molecule has 6 heteroatoms. The molecule has 0 aliphatic carbocycles. The molecule has 1 aromatic heterocycles. The Hall–Kier alpha value is -2.34. The van der Waals surface area contributed by atoms with Crippen LogP contribution in [-0.2, 0) is 4.79 Å². The molecule has 2 aliphatic heterocycles. The van der Waals surface area contributed by atoms with Crippen LogP contribution < -0.4 is 10.1 Å². The van der Waals surface area contributed by atoms with Gasteiger partial charge in [0, 0.05) is 50.7 Å². The van der Waals surface area contributed by atoms with E-state index in [4.69, 9.17) is 4.74 Å². The molecule has 1 aromatic carbocycles. The lowest BCUT2D eigenvalue weighted by Crippen LogP contribution is -2.52. The first kappa shape index (κ1) is 18.0. The van der Waals surface area contributed by atoms with Crippen LogP contribution in [0.4, 0.5) is 0 Å². The Balaban J connectivity index is 1.51. The highest BCUT2D eigenvalue weighted by atomic mass is 32.1. The maximum absolute atomic E-state index is 12.6. The van der Waals surface area contributed by atoms with Crippen molar-refractivity contribution < 1.29 is 14.3 Å². The summed E-state index contributed by atoms with van der Waals surface area (Å²) in [5.41, 5.74) is 1.59. The van der Waals surface area contributed by atoms with E-state index in [0.29, 0.717) is 19.5 Å². The monoisotopic (exact) mass is 384 g/mol. The van der Waals surface area contributed by atoms with Crippen LogP contribution in [0, 0.1) is 0 Å². The van der Waals surface area contributed by atoms with Crippen LogP contribution in [0.2, 0.25) is 0 Å². The average molecular weight is 385 g/mol. The molecule has 5 nitrogen and oxygen atoms in total.